The molecule has 1 nitrogen and oxygen atoms in total. The molecule has 130 valence electrons. The Morgan fingerprint density at radius 2 is 1.29 bits per heavy atom. The molecule has 0 radical (unpaired) electrons. The van der Waals surface area contributed by atoms with Gasteiger partial charge in [0.05, 0.1) is 0 Å². The van der Waals surface area contributed by atoms with Crippen LogP contribution in [0.3, 0.4) is 0 Å². The van der Waals surface area contributed by atoms with Crippen molar-refractivity contribution in [2.24, 2.45) is 0 Å². The van der Waals surface area contributed by atoms with Gasteiger partial charge in [0.2, 0.25) is 0 Å². The molecule has 0 amide bonds. The molecule has 0 aliphatic rings. The molecule has 1 heteroatoms. The van der Waals surface area contributed by atoms with Crippen molar-refractivity contribution in [3.63, 3.8) is 0 Å². The van der Waals surface area contributed by atoms with Crippen LogP contribution in [0.25, 0.3) is 0 Å². The summed E-state index contributed by atoms with van der Waals surface area (Å²) in [6.45, 7) is 4.52. The molecule has 0 saturated heterocycles. The van der Waals surface area contributed by atoms with E-state index in [2.05, 4.69) is 50.2 Å². The van der Waals surface area contributed by atoms with Crippen LogP contribution in [0.2, 0.25) is 0 Å². The number of aryl methyl sites for hydroxylation is 1. The van der Waals surface area contributed by atoms with Gasteiger partial charge in [-0.2, -0.15) is 0 Å². The fraction of sp³-hybridized carbons (Fsp3) is 0.478. The summed E-state index contributed by atoms with van der Waals surface area (Å²) >= 11 is 0. The molecule has 2 aromatic rings. The molecule has 0 aliphatic heterocycles. The molecule has 0 heterocycles. The predicted octanol–water partition coefficient (Wildman–Crippen LogP) is 6.71. The summed E-state index contributed by atoms with van der Waals surface area (Å²) in [6, 6.07) is 17.8. The quantitative estimate of drug-likeness (QED) is 0.381. The van der Waals surface area contributed by atoms with Gasteiger partial charge in [0, 0.05) is 11.6 Å². The minimum absolute atomic E-state index is 0.489. The van der Waals surface area contributed by atoms with E-state index >= 15 is 0 Å². The van der Waals surface area contributed by atoms with Crippen LogP contribution < -0.4 is 5.73 Å². The van der Waals surface area contributed by atoms with Crippen LogP contribution in [0, 0.1) is 0 Å². The molecule has 2 rings (SSSR count). The van der Waals surface area contributed by atoms with E-state index in [1.807, 2.05) is 12.1 Å². The zero-order valence-corrected chi connectivity index (χ0v) is 15.4. The second kappa shape index (κ2) is 10.2. The van der Waals surface area contributed by atoms with Crippen LogP contribution in [-0.4, -0.2) is 0 Å². The molecule has 0 bridgehead atoms. The Kier molecular flexibility index (Phi) is 7.88. The fourth-order valence-electron chi connectivity index (χ4n) is 3.33. The van der Waals surface area contributed by atoms with Gasteiger partial charge in [0.1, 0.15) is 0 Å². The molecule has 0 aliphatic carbocycles. The lowest BCUT2D eigenvalue weighted by Gasteiger charge is -2.19. The van der Waals surface area contributed by atoms with Crippen LogP contribution in [0.4, 0.5) is 5.69 Å². The lowest BCUT2D eigenvalue weighted by molar-refractivity contribution is 0.596. The average molecular weight is 324 g/mol. The Labute approximate surface area is 148 Å². The molecule has 1 atom stereocenters. The van der Waals surface area contributed by atoms with Crippen molar-refractivity contribution in [3.8, 4) is 0 Å². The fourth-order valence-corrected chi connectivity index (χ4v) is 3.33. The lowest BCUT2D eigenvalue weighted by Crippen LogP contribution is -2.02. The number of unbranched alkanes of at least 4 members (excludes halogenated alkanes) is 4. The zero-order valence-electron chi connectivity index (χ0n) is 15.4. The predicted molar refractivity (Wildman–Crippen MR) is 107 cm³/mol. The normalized spacial score (nSPS) is 12.2. The van der Waals surface area contributed by atoms with Gasteiger partial charge >= 0.3 is 0 Å². The summed E-state index contributed by atoms with van der Waals surface area (Å²) < 4.78 is 0. The minimum Gasteiger partial charge on any atom is -0.399 e. The van der Waals surface area contributed by atoms with Gasteiger partial charge in [-0.15, -0.1) is 0 Å². The molecule has 0 saturated carbocycles. The van der Waals surface area contributed by atoms with E-state index in [1.54, 1.807) is 0 Å². The maximum Gasteiger partial charge on any atom is 0.0314 e. The average Bonchev–Trinajstić information content (AvgIpc) is 2.62. The number of nitrogens with two attached hydrogens (primary N) is 1. The number of benzene rings is 2. The molecule has 2 N–H and O–H groups in total. The van der Waals surface area contributed by atoms with Crippen molar-refractivity contribution in [1.82, 2.24) is 0 Å². The van der Waals surface area contributed by atoms with Gasteiger partial charge in [-0.3, -0.25) is 0 Å². The van der Waals surface area contributed by atoms with Gasteiger partial charge in [0.25, 0.3) is 0 Å². The van der Waals surface area contributed by atoms with Crippen molar-refractivity contribution in [2.45, 2.75) is 71.1 Å². The van der Waals surface area contributed by atoms with Crippen molar-refractivity contribution in [3.05, 3.63) is 65.2 Å². The summed E-state index contributed by atoms with van der Waals surface area (Å²) in [5.41, 5.74) is 11.0. The van der Waals surface area contributed by atoms with E-state index in [0.29, 0.717) is 5.92 Å². The first kappa shape index (κ1) is 18.6. The van der Waals surface area contributed by atoms with Crippen LogP contribution >= 0.6 is 0 Å². The maximum atomic E-state index is 5.87. The highest BCUT2D eigenvalue weighted by molar-refractivity contribution is 5.43. The molecular weight excluding hydrogens is 290 g/mol. The lowest BCUT2D eigenvalue weighted by atomic mass is 9.86. The van der Waals surface area contributed by atoms with E-state index in [9.17, 15) is 0 Å². The smallest absolute Gasteiger partial charge is 0.0314 e. The Morgan fingerprint density at radius 3 is 1.88 bits per heavy atom. The van der Waals surface area contributed by atoms with Crippen molar-refractivity contribution >= 4 is 5.69 Å². The van der Waals surface area contributed by atoms with Crippen LogP contribution in [-0.2, 0) is 6.42 Å². The third-order valence-corrected chi connectivity index (χ3v) is 4.89. The minimum atomic E-state index is 0.489. The number of anilines is 1. The summed E-state index contributed by atoms with van der Waals surface area (Å²) in [7, 11) is 0. The topological polar surface area (TPSA) is 26.0 Å². The monoisotopic (exact) mass is 323 g/mol. The van der Waals surface area contributed by atoms with Crippen molar-refractivity contribution in [1.29, 1.82) is 0 Å². The summed E-state index contributed by atoms with van der Waals surface area (Å²) in [5, 5.41) is 0. The maximum absolute atomic E-state index is 5.87. The van der Waals surface area contributed by atoms with Crippen LogP contribution in [0.5, 0.6) is 0 Å². The van der Waals surface area contributed by atoms with Gasteiger partial charge in [0.15, 0.2) is 0 Å². The molecule has 0 fully saturated rings. The summed E-state index contributed by atoms with van der Waals surface area (Å²) in [4.78, 5) is 0. The van der Waals surface area contributed by atoms with E-state index < -0.39 is 0 Å². The van der Waals surface area contributed by atoms with E-state index in [1.165, 1.54) is 68.1 Å². The highest BCUT2D eigenvalue weighted by atomic mass is 14.5. The van der Waals surface area contributed by atoms with Gasteiger partial charge in [-0.05, 0) is 48.1 Å². The first-order chi connectivity index (χ1) is 11.7. The third kappa shape index (κ3) is 5.70. The SMILES string of the molecule is CCCCCCC(c1ccc(N)cc1)c1ccc(CCCC)cc1. The van der Waals surface area contributed by atoms with Gasteiger partial charge < -0.3 is 5.73 Å². The number of rotatable bonds is 10. The molecule has 2 aromatic carbocycles. The van der Waals surface area contributed by atoms with Crippen molar-refractivity contribution in [2.75, 3.05) is 5.73 Å². The largest absolute Gasteiger partial charge is 0.399 e. The Morgan fingerprint density at radius 1 is 0.708 bits per heavy atom. The summed E-state index contributed by atoms with van der Waals surface area (Å²) in [6.07, 6.45) is 10.2. The third-order valence-electron chi connectivity index (χ3n) is 4.89. The van der Waals surface area contributed by atoms with Crippen LogP contribution in [0.1, 0.15) is 81.4 Å². The molecule has 24 heavy (non-hydrogen) atoms. The molecule has 0 spiro atoms. The second-order valence-corrected chi connectivity index (χ2v) is 6.91. The zero-order chi connectivity index (χ0) is 17.2. The Balaban J connectivity index is 2.13. The number of nitrogen functional groups attached to an aromatic ring is 1. The Hall–Kier alpha value is -1.76. The Bertz CT molecular complexity index is 568. The van der Waals surface area contributed by atoms with Crippen molar-refractivity contribution < 1.29 is 0 Å². The first-order valence-corrected chi connectivity index (χ1v) is 9.68. The highest BCUT2D eigenvalue weighted by Crippen LogP contribution is 2.31. The second-order valence-electron chi connectivity index (χ2n) is 6.91. The van der Waals surface area contributed by atoms with Gasteiger partial charge in [-0.25, -0.2) is 0 Å². The van der Waals surface area contributed by atoms with E-state index in [0.717, 1.165) is 5.69 Å². The molecule has 0 aromatic heterocycles. The summed E-state index contributed by atoms with van der Waals surface area (Å²) in [5.74, 6) is 0.489. The standard InChI is InChI=1S/C23H33N/c1-3-5-7-8-10-23(21-15-17-22(24)18-16-21)20-13-11-19(12-14-20)9-6-4-2/h11-18,23H,3-10,24H2,1-2H3. The van der Waals surface area contributed by atoms with E-state index in [-0.39, 0.29) is 0 Å². The van der Waals surface area contributed by atoms with Crippen LogP contribution in [0.15, 0.2) is 48.5 Å². The van der Waals surface area contributed by atoms with E-state index in [4.69, 9.17) is 5.73 Å². The number of hydrogen-bond donors (Lipinski definition) is 1. The number of hydrogen-bond acceptors (Lipinski definition) is 1. The molecule has 1 unspecified atom stereocenters. The first-order valence-electron chi connectivity index (χ1n) is 9.68. The molecular formula is C23H33N. The van der Waals surface area contributed by atoms with Gasteiger partial charge in [-0.1, -0.05) is 82.3 Å². The highest BCUT2D eigenvalue weighted by Gasteiger charge is 2.14.